The Kier molecular flexibility index (Phi) is 6.38. The molecular weight excluding hydrogens is 220 g/mol. The molecule has 0 aromatic heterocycles. The van der Waals surface area contributed by atoms with E-state index in [4.69, 9.17) is 12.2 Å². The van der Waals surface area contributed by atoms with E-state index < -0.39 is 0 Å². The highest BCUT2D eigenvalue weighted by atomic mass is 32.1. The van der Waals surface area contributed by atoms with Gasteiger partial charge in [-0.05, 0) is 31.5 Å². The van der Waals surface area contributed by atoms with Crippen LogP contribution >= 0.6 is 12.2 Å². The fraction of sp³-hybridized carbons (Fsp3) is 0.833. The van der Waals surface area contributed by atoms with E-state index in [0.717, 1.165) is 12.8 Å². The molecule has 0 aromatic rings. The Balaban J connectivity index is 2.16. The zero-order valence-electron chi connectivity index (χ0n) is 10.1. The largest absolute Gasteiger partial charge is 0.360 e. The Labute approximate surface area is 103 Å². The maximum atomic E-state index is 11.4. The molecule has 1 rings (SSSR count). The van der Waals surface area contributed by atoms with Gasteiger partial charge in [-0.15, -0.1) is 0 Å². The fourth-order valence-corrected chi connectivity index (χ4v) is 2.28. The van der Waals surface area contributed by atoms with Gasteiger partial charge in [0.1, 0.15) is 0 Å². The summed E-state index contributed by atoms with van der Waals surface area (Å²) in [7, 11) is 0. The number of unbranched alkanes of at least 4 members (excludes halogenated alkanes) is 1. The summed E-state index contributed by atoms with van der Waals surface area (Å²) in [6.45, 7) is 2.08. The molecule has 16 heavy (non-hydrogen) atoms. The van der Waals surface area contributed by atoms with E-state index in [1.54, 1.807) is 0 Å². The molecular formula is C12H22N2OS. The Morgan fingerprint density at radius 1 is 1.31 bits per heavy atom. The smallest absolute Gasteiger partial charge is 0.226 e. The number of carbonyl (C=O) groups is 1. The maximum absolute atomic E-state index is 11.4. The van der Waals surface area contributed by atoms with E-state index in [2.05, 4.69) is 17.6 Å². The lowest BCUT2D eigenvalue weighted by Gasteiger charge is -2.24. The second-order valence-corrected chi connectivity index (χ2v) is 4.87. The van der Waals surface area contributed by atoms with Crippen LogP contribution in [0.4, 0.5) is 0 Å². The molecule has 1 aliphatic carbocycles. The van der Waals surface area contributed by atoms with Gasteiger partial charge in [0, 0.05) is 12.5 Å². The monoisotopic (exact) mass is 242 g/mol. The molecule has 0 unspecified atom stereocenters. The van der Waals surface area contributed by atoms with Crippen LogP contribution in [0.1, 0.15) is 58.3 Å². The summed E-state index contributed by atoms with van der Waals surface area (Å²) < 4.78 is 0. The lowest BCUT2D eigenvalue weighted by molar-refractivity contribution is -0.119. The van der Waals surface area contributed by atoms with Crippen molar-refractivity contribution in [3.8, 4) is 0 Å². The normalized spacial score (nSPS) is 16.8. The molecule has 0 aliphatic heterocycles. The average Bonchev–Trinajstić information content (AvgIpc) is 2.27. The number of amides is 1. The van der Waals surface area contributed by atoms with Crippen LogP contribution in [0.25, 0.3) is 0 Å². The highest BCUT2D eigenvalue weighted by Gasteiger charge is 2.14. The average molecular weight is 242 g/mol. The van der Waals surface area contributed by atoms with Gasteiger partial charge in [-0.25, -0.2) is 0 Å². The Hall–Kier alpha value is -0.640. The number of thiocarbonyl (C=S) groups is 1. The third-order valence-electron chi connectivity index (χ3n) is 2.95. The van der Waals surface area contributed by atoms with Gasteiger partial charge in [-0.3, -0.25) is 4.79 Å². The van der Waals surface area contributed by atoms with Crippen LogP contribution < -0.4 is 10.6 Å². The molecule has 0 atom stereocenters. The van der Waals surface area contributed by atoms with E-state index in [-0.39, 0.29) is 5.91 Å². The first-order chi connectivity index (χ1) is 7.72. The Bertz CT molecular complexity index is 237. The molecule has 1 fully saturated rings. The molecule has 0 aromatic carbocycles. The number of rotatable bonds is 4. The third kappa shape index (κ3) is 5.45. The molecule has 92 valence electrons. The van der Waals surface area contributed by atoms with Crippen molar-refractivity contribution in [3.63, 3.8) is 0 Å². The van der Waals surface area contributed by atoms with Gasteiger partial charge in [0.25, 0.3) is 0 Å². The van der Waals surface area contributed by atoms with Gasteiger partial charge in [0.15, 0.2) is 5.11 Å². The van der Waals surface area contributed by atoms with Gasteiger partial charge in [-0.2, -0.15) is 0 Å². The van der Waals surface area contributed by atoms with E-state index in [1.807, 2.05) is 0 Å². The minimum atomic E-state index is 0.0372. The van der Waals surface area contributed by atoms with Crippen molar-refractivity contribution in [3.05, 3.63) is 0 Å². The summed E-state index contributed by atoms with van der Waals surface area (Å²) in [5, 5.41) is 6.48. The van der Waals surface area contributed by atoms with Crippen LogP contribution in [0, 0.1) is 0 Å². The quantitative estimate of drug-likeness (QED) is 0.744. The SMILES string of the molecule is CCCCC(=O)NC(=S)NC1CCCCC1. The molecule has 0 radical (unpaired) electrons. The Morgan fingerprint density at radius 2 is 2.00 bits per heavy atom. The first-order valence-corrected chi connectivity index (χ1v) is 6.73. The predicted molar refractivity (Wildman–Crippen MR) is 70.3 cm³/mol. The van der Waals surface area contributed by atoms with Crippen molar-refractivity contribution in [2.75, 3.05) is 0 Å². The van der Waals surface area contributed by atoms with Gasteiger partial charge in [0.2, 0.25) is 5.91 Å². The van der Waals surface area contributed by atoms with Crippen molar-refractivity contribution in [2.45, 2.75) is 64.3 Å². The summed E-state index contributed by atoms with van der Waals surface area (Å²) in [5.41, 5.74) is 0. The second kappa shape index (κ2) is 7.60. The van der Waals surface area contributed by atoms with E-state index in [0.29, 0.717) is 17.6 Å². The third-order valence-corrected chi connectivity index (χ3v) is 3.17. The molecule has 2 N–H and O–H groups in total. The second-order valence-electron chi connectivity index (χ2n) is 4.46. The van der Waals surface area contributed by atoms with Crippen molar-refractivity contribution >= 4 is 23.2 Å². The maximum Gasteiger partial charge on any atom is 0.226 e. The molecule has 0 saturated heterocycles. The van der Waals surface area contributed by atoms with E-state index in [1.165, 1.54) is 32.1 Å². The van der Waals surface area contributed by atoms with Gasteiger partial charge < -0.3 is 10.6 Å². The fourth-order valence-electron chi connectivity index (χ4n) is 1.99. The predicted octanol–water partition coefficient (Wildman–Crippen LogP) is 2.50. The molecule has 0 bridgehead atoms. The first-order valence-electron chi connectivity index (χ1n) is 6.32. The molecule has 3 nitrogen and oxygen atoms in total. The number of hydrogen-bond donors (Lipinski definition) is 2. The van der Waals surface area contributed by atoms with Crippen LogP contribution in [-0.4, -0.2) is 17.1 Å². The van der Waals surface area contributed by atoms with Crippen LogP contribution in [0.5, 0.6) is 0 Å². The van der Waals surface area contributed by atoms with Crippen molar-refractivity contribution in [1.29, 1.82) is 0 Å². The Morgan fingerprint density at radius 3 is 2.62 bits per heavy atom. The summed E-state index contributed by atoms with van der Waals surface area (Å²) >= 11 is 5.12. The van der Waals surface area contributed by atoms with Gasteiger partial charge in [0.05, 0.1) is 0 Å². The minimum absolute atomic E-state index is 0.0372. The zero-order valence-corrected chi connectivity index (χ0v) is 10.9. The van der Waals surface area contributed by atoms with Gasteiger partial charge in [-0.1, -0.05) is 32.6 Å². The lowest BCUT2D eigenvalue weighted by Crippen LogP contribution is -2.44. The highest BCUT2D eigenvalue weighted by molar-refractivity contribution is 7.80. The van der Waals surface area contributed by atoms with Crippen LogP contribution in [0.2, 0.25) is 0 Å². The van der Waals surface area contributed by atoms with Crippen LogP contribution in [0.3, 0.4) is 0 Å². The molecule has 1 amide bonds. The van der Waals surface area contributed by atoms with Crippen molar-refractivity contribution in [2.24, 2.45) is 0 Å². The number of carbonyl (C=O) groups excluding carboxylic acids is 1. The molecule has 0 spiro atoms. The summed E-state index contributed by atoms with van der Waals surface area (Å²) in [6, 6.07) is 0.465. The van der Waals surface area contributed by atoms with E-state index >= 15 is 0 Å². The summed E-state index contributed by atoms with van der Waals surface area (Å²) in [5.74, 6) is 0.0372. The molecule has 1 aliphatic rings. The molecule has 4 heteroatoms. The summed E-state index contributed by atoms with van der Waals surface area (Å²) in [6.07, 6.45) is 8.75. The van der Waals surface area contributed by atoms with E-state index in [9.17, 15) is 4.79 Å². The molecule has 1 saturated carbocycles. The van der Waals surface area contributed by atoms with Crippen molar-refractivity contribution < 1.29 is 4.79 Å². The first kappa shape index (κ1) is 13.4. The van der Waals surface area contributed by atoms with Gasteiger partial charge >= 0.3 is 0 Å². The number of hydrogen-bond acceptors (Lipinski definition) is 2. The summed E-state index contributed by atoms with van der Waals surface area (Å²) in [4.78, 5) is 11.4. The standard InChI is InChI=1S/C12H22N2OS/c1-2-3-9-11(15)14-12(16)13-10-7-5-4-6-8-10/h10H,2-9H2,1H3,(H2,13,14,15,16). The van der Waals surface area contributed by atoms with Crippen LogP contribution in [0.15, 0.2) is 0 Å². The molecule has 0 heterocycles. The highest BCUT2D eigenvalue weighted by Crippen LogP contribution is 2.17. The number of nitrogens with one attached hydrogen (secondary N) is 2. The lowest BCUT2D eigenvalue weighted by atomic mass is 9.96. The minimum Gasteiger partial charge on any atom is -0.360 e. The van der Waals surface area contributed by atoms with Crippen LogP contribution in [-0.2, 0) is 4.79 Å². The zero-order chi connectivity index (χ0) is 11.8. The topological polar surface area (TPSA) is 41.1 Å². The van der Waals surface area contributed by atoms with Crippen molar-refractivity contribution in [1.82, 2.24) is 10.6 Å².